The lowest BCUT2D eigenvalue weighted by atomic mass is 10.0. The molecule has 0 saturated carbocycles. The molecule has 1 aromatic carbocycles. The zero-order valence-corrected chi connectivity index (χ0v) is 17.9. The number of aliphatic imine (C=N–C) groups is 1. The molecular weight excluding hydrogens is 455 g/mol. The van der Waals surface area contributed by atoms with Crippen LogP contribution in [0.5, 0.6) is 0 Å². The van der Waals surface area contributed by atoms with Crippen LogP contribution in [-0.4, -0.2) is 71.0 Å². The van der Waals surface area contributed by atoms with Gasteiger partial charge in [-0.3, -0.25) is 9.89 Å². The third kappa shape index (κ3) is 7.26. The zero-order valence-electron chi connectivity index (χ0n) is 14.8. The van der Waals surface area contributed by atoms with Crippen molar-refractivity contribution in [2.45, 2.75) is 6.04 Å². The Kier molecular flexibility index (Phi) is 11.4. The van der Waals surface area contributed by atoms with Crippen molar-refractivity contribution in [2.24, 2.45) is 4.99 Å². The number of rotatable bonds is 7. The Bertz CT molecular complexity index is 527. The van der Waals surface area contributed by atoms with Gasteiger partial charge in [0.05, 0.1) is 25.9 Å². The van der Waals surface area contributed by atoms with E-state index in [1.54, 1.807) is 14.2 Å². The van der Waals surface area contributed by atoms with E-state index in [0.717, 1.165) is 49.4 Å². The molecule has 1 aliphatic heterocycles. The quantitative estimate of drug-likeness (QED) is 0.270. The number of guanidine groups is 1. The largest absolute Gasteiger partial charge is 0.383 e. The first-order valence-electron chi connectivity index (χ1n) is 8.26. The van der Waals surface area contributed by atoms with Crippen LogP contribution in [0.3, 0.4) is 0 Å². The molecule has 8 heteroatoms. The minimum absolute atomic E-state index is 0. The van der Waals surface area contributed by atoms with Gasteiger partial charge in [-0.25, -0.2) is 0 Å². The number of benzene rings is 1. The average molecular weight is 483 g/mol. The van der Waals surface area contributed by atoms with Crippen molar-refractivity contribution in [3.05, 3.63) is 34.9 Å². The highest BCUT2D eigenvalue weighted by molar-refractivity contribution is 14.0. The van der Waals surface area contributed by atoms with E-state index in [1.165, 1.54) is 0 Å². The van der Waals surface area contributed by atoms with Gasteiger partial charge in [0.25, 0.3) is 0 Å². The van der Waals surface area contributed by atoms with Crippen LogP contribution in [0.25, 0.3) is 0 Å². The molecule has 1 heterocycles. The molecule has 0 bridgehead atoms. The Balaban J connectivity index is 0.00000312. The van der Waals surface area contributed by atoms with Gasteiger partial charge in [0.1, 0.15) is 0 Å². The maximum Gasteiger partial charge on any atom is 0.191 e. The minimum atomic E-state index is 0. The third-order valence-corrected chi connectivity index (χ3v) is 4.38. The topological polar surface area (TPSA) is 58.1 Å². The number of morpholine rings is 1. The molecule has 1 saturated heterocycles. The second-order valence-corrected chi connectivity index (χ2v) is 5.97. The van der Waals surface area contributed by atoms with Crippen LogP contribution < -0.4 is 10.6 Å². The van der Waals surface area contributed by atoms with Crippen LogP contribution in [0.2, 0.25) is 5.02 Å². The number of halogens is 2. The average Bonchev–Trinajstić information content (AvgIpc) is 2.62. The zero-order chi connectivity index (χ0) is 17.2. The molecule has 1 aromatic rings. The molecule has 1 aliphatic rings. The molecule has 1 unspecified atom stereocenters. The van der Waals surface area contributed by atoms with E-state index >= 15 is 0 Å². The SMILES string of the molecule is CN=C(NCCOC)NCC(c1ccccc1Cl)N1CCOCC1.I. The van der Waals surface area contributed by atoms with Gasteiger partial charge in [-0.1, -0.05) is 29.8 Å². The van der Waals surface area contributed by atoms with Crippen molar-refractivity contribution >= 4 is 41.5 Å². The van der Waals surface area contributed by atoms with Crippen molar-refractivity contribution in [3.8, 4) is 0 Å². The van der Waals surface area contributed by atoms with E-state index < -0.39 is 0 Å². The highest BCUT2D eigenvalue weighted by Gasteiger charge is 2.24. The first-order valence-corrected chi connectivity index (χ1v) is 8.63. The summed E-state index contributed by atoms with van der Waals surface area (Å²) in [5.41, 5.74) is 1.13. The van der Waals surface area contributed by atoms with Crippen molar-refractivity contribution in [1.29, 1.82) is 0 Å². The smallest absolute Gasteiger partial charge is 0.191 e. The van der Waals surface area contributed by atoms with Gasteiger partial charge in [0.2, 0.25) is 0 Å². The molecule has 0 spiro atoms. The number of nitrogens with one attached hydrogen (secondary N) is 2. The third-order valence-electron chi connectivity index (χ3n) is 4.04. The van der Waals surface area contributed by atoms with Gasteiger partial charge in [-0.2, -0.15) is 0 Å². The Morgan fingerprint density at radius 1 is 1.32 bits per heavy atom. The van der Waals surface area contributed by atoms with E-state index in [9.17, 15) is 0 Å². The standard InChI is InChI=1S/C17H27ClN4O2.HI/c1-19-17(20-7-10-23-2)21-13-16(22-8-11-24-12-9-22)14-5-3-4-6-15(14)18;/h3-6,16H,7-13H2,1-2H3,(H2,19,20,21);1H. The summed E-state index contributed by atoms with van der Waals surface area (Å²) >= 11 is 6.44. The minimum Gasteiger partial charge on any atom is -0.383 e. The van der Waals surface area contributed by atoms with E-state index in [2.05, 4.69) is 26.6 Å². The summed E-state index contributed by atoms with van der Waals surface area (Å²) in [7, 11) is 3.45. The molecule has 0 aromatic heterocycles. The van der Waals surface area contributed by atoms with Crippen molar-refractivity contribution in [1.82, 2.24) is 15.5 Å². The molecule has 1 atom stereocenters. The van der Waals surface area contributed by atoms with E-state index in [-0.39, 0.29) is 30.0 Å². The summed E-state index contributed by atoms with van der Waals surface area (Å²) in [4.78, 5) is 6.66. The molecule has 0 aliphatic carbocycles. The molecule has 1 fully saturated rings. The maximum atomic E-state index is 6.44. The molecule has 25 heavy (non-hydrogen) atoms. The second-order valence-electron chi connectivity index (χ2n) is 5.56. The predicted molar refractivity (Wildman–Crippen MR) is 113 cm³/mol. The Morgan fingerprint density at radius 3 is 2.68 bits per heavy atom. The molecule has 6 nitrogen and oxygen atoms in total. The summed E-state index contributed by atoms with van der Waals surface area (Å²) in [6.45, 7) is 5.36. The van der Waals surface area contributed by atoms with Crippen LogP contribution in [0.1, 0.15) is 11.6 Å². The van der Waals surface area contributed by atoms with Gasteiger partial charge in [0.15, 0.2) is 5.96 Å². The summed E-state index contributed by atoms with van der Waals surface area (Å²) in [6, 6.07) is 8.19. The van der Waals surface area contributed by atoms with Crippen molar-refractivity contribution in [3.63, 3.8) is 0 Å². The normalized spacial score (nSPS) is 16.8. The fraction of sp³-hybridized carbons (Fsp3) is 0.588. The first-order chi connectivity index (χ1) is 11.8. The van der Waals surface area contributed by atoms with Crippen LogP contribution in [-0.2, 0) is 9.47 Å². The summed E-state index contributed by atoms with van der Waals surface area (Å²) in [6.07, 6.45) is 0. The van der Waals surface area contributed by atoms with Gasteiger partial charge in [-0.15, -0.1) is 24.0 Å². The Morgan fingerprint density at radius 2 is 2.04 bits per heavy atom. The highest BCUT2D eigenvalue weighted by atomic mass is 127. The fourth-order valence-electron chi connectivity index (χ4n) is 2.76. The van der Waals surface area contributed by atoms with Crippen molar-refractivity contribution < 1.29 is 9.47 Å². The lowest BCUT2D eigenvalue weighted by Gasteiger charge is -2.35. The van der Waals surface area contributed by atoms with Crippen LogP contribution in [0.4, 0.5) is 0 Å². The van der Waals surface area contributed by atoms with Gasteiger partial charge in [-0.05, 0) is 11.6 Å². The first kappa shape index (κ1) is 22.4. The van der Waals surface area contributed by atoms with Crippen molar-refractivity contribution in [2.75, 3.05) is 60.2 Å². The molecule has 142 valence electrons. The van der Waals surface area contributed by atoms with Crippen LogP contribution in [0, 0.1) is 0 Å². The molecule has 2 rings (SSSR count). The molecule has 0 radical (unpaired) electrons. The summed E-state index contributed by atoms with van der Waals surface area (Å²) in [5, 5.41) is 7.42. The number of hydrogen-bond donors (Lipinski definition) is 2. The number of methoxy groups -OCH3 is 1. The van der Waals surface area contributed by atoms with Crippen LogP contribution in [0.15, 0.2) is 29.3 Å². The number of hydrogen-bond acceptors (Lipinski definition) is 4. The fourth-order valence-corrected chi connectivity index (χ4v) is 3.02. The predicted octanol–water partition coefficient (Wildman–Crippen LogP) is 2.14. The Hall–Kier alpha value is -0.610. The number of nitrogens with zero attached hydrogens (tertiary/aromatic N) is 2. The molecule has 0 amide bonds. The number of ether oxygens (including phenoxy) is 2. The summed E-state index contributed by atoms with van der Waals surface area (Å²) < 4.78 is 10.5. The lowest BCUT2D eigenvalue weighted by molar-refractivity contribution is 0.0170. The molecular formula is C17H28ClIN4O2. The summed E-state index contributed by atoms with van der Waals surface area (Å²) in [5.74, 6) is 0.761. The van der Waals surface area contributed by atoms with E-state index in [4.69, 9.17) is 21.1 Å². The van der Waals surface area contributed by atoms with Gasteiger partial charge < -0.3 is 20.1 Å². The monoisotopic (exact) mass is 482 g/mol. The maximum absolute atomic E-state index is 6.44. The van der Waals surface area contributed by atoms with Crippen LogP contribution >= 0.6 is 35.6 Å². The van der Waals surface area contributed by atoms with E-state index in [1.807, 2.05) is 18.2 Å². The lowest BCUT2D eigenvalue weighted by Crippen LogP contribution is -2.46. The van der Waals surface area contributed by atoms with E-state index in [0.29, 0.717) is 13.2 Å². The highest BCUT2D eigenvalue weighted by Crippen LogP contribution is 2.27. The molecule has 2 N–H and O–H groups in total. The van der Waals surface area contributed by atoms with Gasteiger partial charge in [0, 0.05) is 45.4 Å². The van der Waals surface area contributed by atoms with Gasteiger partial charge >= 0.3 is 0 Å². The second kappa shape index (κ2) is 12.7. The Labute approximate surface area is 172 Å².